The lowest BCUT2D eigenvalue weighted by atomic mass is 9.65. The molecule has 0 saturated heterocycles. The van der Waals surface area contributed by atoms with Gasteiger partial charge in [0.1, 0.15) is 24.7 Å². The van der Waals surface area contributed by atoms with Crippen LogP contribution in [0.5, 0.6) is 11.5 Å². The van der Waals surface area contributed by atoms with E-state index in [4.69, 9.17) is 9.47 Å². The highest BCUT2D eigenvalue weighted by Gasteiger charge is 2.35. The average molecular weight is 479 g/mol. The Bertz CT molecular complexity index is 1160. The maximum absolute atomic E-state index is 6.15. The van der Waals surface area contributed by atoms with Gasteiger partial charge >= 0.3 is 0 Å². The van der Waals surface area contributed by atoms with Gasteiger partial charge in [-0.3, -0.25) is 0 Å². The van der Waals surface area contributed by atoms with Crippen LogP contribution in [-0.4, -0.2) is 0 Å². The molecule has 2 heteroatoms. The standard InChI is InChI=1S/C32H32O2.C2H6/c1-4-13-28(14-5-1)32(21-8-3-9-22-32)29-17-19-31(20-18-29)34-25-27-12-10-11-26(23-27)24-33-30-15-6-2-7-16-30;1-2/h1-2,4-7,10-20,23H,3,8-9,21-22,24-25H2;1-2H3. The molecular weight excluding hydrogens is 440 g/mol. The van der Waals surface area contributed by atoms with E-state index >= 15 is 0 Å². The van der Waals surface area contributed by atoms with Crippen molar-refractivity contribution in [3.05, 3.63) is 131 Å². The van der Waals surface area contributed by atoms with E-state index in [1.165, 1.54) is 43.2 Å². The minimum atomic E-state index is 0.130. The molecule has 0 aliphatic heterocycles. The fourth-order valence-electron chi connectivity index (χ4n) is 5.19. The molecule has 186 valence electrons. The Hall–Kier alpha value is -3.52. The van der Waals surface area contributed by atoms with Crippen LogP contribution in [0, 0.1) is 0 Å². The monoisotopic (exact) mass is 478 g/mol. The van der Waals surface area contributed by atoms with Crippen molar-refractivity contribution in [1.29, 1.82) is 0 Å². The molecular formula is C34H38O2. The van der Waals surface area contributed by atoms with Crippen LogP contribution in [0.25, 0.3) is 0 Å². The first-order valence-corrected chi connectivity index (χ1v) is 13.4. The zero-order valence-electron chi connectivity index (χ0n) is 21.7. The van der Waals surface area contributed by atoms with Crippen molar-refractivity contribution in [2.75, 3.05) is 0 Å². The first-order chi connectivity index (χ1) is 17.8. The topological polar surface area (TPSA) is 18.5 Å². The van der Waals surface area contributed by atoms with Gasteiger partial charge in [0.25, 0.3) is 0 Å². The minimum absolute atomic E-state index is 0.130. The summed E-state index contributed by atoms with van der Waals surface area (Å²) >= 11 is 0. The summed E-state index contributed by atoms with van der Waals surface area (Å²) in [4.78, 5) is 0. The van der Waals surface area contributed by atoms with E-state index in [-0.39, 0.29) is 5.41 Å². The molecule has 0 N–H and O–H groups in total. The Morgan fingerprint density at radius 1 is 0.528 bits per heavy atom. The summed E-state index contributed by atoms with van der Waals surface area (Å²) in [5.74, 6) is 1.80. The Morgan fingerprint density at radius 2 is 1.03 bits per heavy atom. The van der Waals surface area contributed by atoms with Crippen molar-refractivity contribution in [3.8, 4) is 11.5 Å². The summed E-state index contributed by atoms with van der Waals surface area (Å²) in [5, 5.41) is 0. The van der Waals surface area contributed by atoms with Gasteiger partial charge in [0.05, 0.1) is 0 Å². The van der Waals surface area contributed by atoms with E-state index in [1.807, 2.05) is 44.2 Å². The number of benzene rings is 4. The number of ether oxygens (including phenoxy) is 2. The molecule has 0 bridgehead atoms. The third-order valence-corrected chi connectivity index (χ3v) is 6.99. The van der Waals surface area contributed by atoms with Crippen molar-refractivity contribution in [1.82, 2.24) is 0 Å². The van der Waals surface area contributed by atoms with Crippen molar-refractivity contribution in [2.45, 2.75) is 64.6 Å². The highest BCUT2D eigenvalue weighted by atomic mass is 16.5. The largest absolute Gasteiger partial charge is 0.489 e. The predicted octanol–water partition coefficient (Wildman–Crippen LogP) is 9.12. The number of para-hydroxylation sites is 1. The molecule has 4 aromatic carbocycles. The molecule has 0 unspecified atom stereocenters. The van der Waals surface area contributed by atoms with Gasteiger partial charge in [0.15, 0.2) is 0 Å². The molecule has 1 aliphatic rings. The van der Waals surface area contributed by atoms with Gasteiger partial charge in [-0.25, -0.2) is 0 Å². The van der Waals surface area contributed by atoms with Crippen LogP contribution in [0.4, 0.5) is 0 Å². The molecule has 1 fully saturated rings. The van der Waals surface area contributed by atoms with E-state index in [2.05, 4.69) is 78.9 Å². The lowest BCUT2D eigenvalue weighted by Crippen LogP contribution is -2.30. The van der Waals surface area contributed by atoms with Gasteiger partial charge in [-0.05, 0) is 65.4 Å². The molecule has 1 aliphatic carbocycles. The molecule has 2 nitrogen and oxygen atoms in total. The molecule has 5 rings (SSSR count). The maximum atomic E-state index is 6.15. The highest BCUT2D eigenvalue weighted by Crippen LogP contribution is 2.45. The van der Waals surface area contributed by atoms with Gasteiger partial charge < -0.3 is 9.47 Å². The molecule has 4 aromatic rings. The first kappa shape index (κ1) is 25.6. The smallest absolute Gasteiger partial charge is 0.119 e. The van der Waals surface area contributed by atoms with E-state index in [1.54, 1.807) is 0 Å². The Morgan fingerprint density at radius 3 is 1.61 bits per heavy atom. The number of hydrogen-bond acceptors (Lipinski definition) is 2. The third kappa shape index (κ3) is 6.37. The van der Waals surface area contributed by atoms with Crippen LogP contribution in [0.2, 0.25) is 0 Å². The Kier molecular flexibility index (Phi) is 9.21. The van der Waals surface area contributed by atoms with E-state index in [0.29, 0.717) is 13.2 Å². The van der Waals surface area contributed by atoms with E-state index < -0.39 is 0 Å². The quantitative estimate of drug-likeness (QED) is 0.251. The summed E-state index contributed by atoms with van der Waals surface area (Å²) in [5.41, 5.74) is 5.27. The van der Waals surface area contributed by atoms with Crippen LogP contribution in [0.3, 0.4) is 0 Å². The summed E-state index contributed by atoms with van der Waals surface area (Å²) in [6.07, 6.45) is 6.35. The summed E-state index contributed by atoms with van der Waals surface area (Å²) in [7, 11) is 0. The predicted molar refractivity (Wildman–Crippen MR) is 150 cm³/mol. The lowest BCUT2D eigenvalue weighted by Gasteiger charge is -2.38. The second kappa shape index (κ2) is 13.0. The van der Waals surface area contributed by atoms with Crippen LogP contribution in [0.15, 0.2) is 109 Å². The molecule has 0 radical (unpaired) electrons. The zero-order valence-corrected chi connectivity index (χ0v) is 21.7. The van der Waals surface area contributed by atoms with Gasteiger partial charge in [-0.15, -0.1) is 0 Å². The van der Waals surface area contributed by atoms with Crippen LogP contribution in [0.1, 0.15) is 68.2 Å². The Labute approximate surface area is 216 Å². The number of rotatable bonds is 8. The van der Waals surface area contributed by atoms with Gasteiger partial charge in [-0.2, -0.15) is 0 Å². The van der Waals surface area contributed by atoms with Gasteiger partial charge in [-0.1, -0.05) is 112 Å². The minimum Gasteiger partial charge on any atom is -0.489 e. The normalized spacial score (nSPS) is 14.3. The summed E-state index contributed by atoms with van der Waals surface area (Å²) < 4.78 is 12.0. The summed E-state index contributed by atoms with van der Waals surface area (Å²) in [6, 6.07) is 38.2. The third-order valence-electron chi connectivity index (χ3n) is 6.99. The second-order valence-electron chi connectivity index (χ2n) is 9.24. The van der Waals surface area contributed by atoms with Crippen molar-refractivity contribution >= 4 is 0 Å². The Balaban J connectivity index is 0.00000148. The van der Waals surface area contributed by atoms with Crippen molar-refractivity contribution < 1.29 is 9.47 Å². The molecule has 0 aromatic heterocycles. The fraction of sp³-hybridized carbons (Fsp3) is 0.294. The maximum Gasteiger partial charge on any atom is 0.119 e. The molecule has 0 amide bonds. The van der Waals surface area contributed by atoms with Gasteiger partial charge in [0.2, 0.25) is 0 Å². The molecule has 0 heterocycles. The average Bonchev–Trinajstić information content (AvgIpc) is 2.98. The van der Waals surface area contributed by atoms with Crippen LogP contribution in [-0.2, 0) is 18.6 Å². The molecule has 36 heavy (non-hydrogen) atoms. The second-order valence-corrected chi connectivity index (χ2v) is 9.24. The van der Waals surface area contributed by atoms with E-state index in [0.717, 1.165) is 22.6 Å². The highest BCUT2D eigenvalue weighted by molar-refractivity contribution is 5.42. The molecule has 0 spiro atoms. The van der Waals surface area contributed by atoms with Crippen LogP contribution < -0.4 is 9.47 Å². The van der Waals surface area contributed by atoms with Crippen LogP contribution >= 0.6 is 0 Å². The van der Waals surface area contributed by atoms with E-state index in [9.17, 15) is 0 Å². The number of hydrogen-bond donors (Lipinski definition) is 0. The van der Waals surface area contributed by atoms with Crippen molar-refractivity contribution in [2.24, 2.45) is 0 Å². The lowest BCUT2D eigenvalue weighted by molar-refractivity contribution is 0.299. The zero-order chi connectivity index (χ0) is 25.1. The SMILES string of the molecule is CC.c1ccc(OCc2cccc(COc3ccc(C4(c5ccccc5)CCCCC4)cc3)c2)cc1. The van der Waals surface area contributed by atoms with Gasteiger partial charge in [0, 0.05) is 5.41 Å². The molecule has 0 atom stereocenters. The summed E-state index contributed by atoms with van der Waals surface area (Å²) in [6.45, 7) is 5.09. The fourth-order valence-corrected chi connectivity index (χ4v) is 5.19. The first-order valence-electron chi connectivity index (χ1n) is 13.4. The van der Waals surface area contributed by atoms with Crippen molar-refractivity contribution in [3.63, 3.8) is 0 Å². The molecule has 1 saturated carbocycles.